The highest BCUT2D eigenvalue weighted by molar-refractivity contribution is 6.05. The van der Waals surface area contributed by atoms with E-state index < -0.39 is 0 Å². The van der Waals surface area contributed by atoms with E-state index in [1.165, 1.54) is 0 Å². The average molecular weight is 519 g/mol. The summed E-state index contributed by atoms with van der Waals surface area (Å²) in [5.74, 6) is 0.880. The Kier molecular flexibility index (Phi) is 7.41. The maximum atomic E-state index is 13.4. The maximum absolute atomic E-state index is 13.4. The van der Waals surface area contributed by atoms with Crippen molar-refractivity contribution < 1.29 is 14.3 Å². The van der Waals surface area contributed by atoms with Crippen molar-refractivity contribution in [2.24, 2.45) is 0 Å². The van der Waals surface area contributed by atoms with Crippen molar-refractivity contribution in [3.63, 3.8) is 0 Å². The average Bonchev–Trinajstić information content (AvgIpc) is 3.31. The Morgan fingerprint density at radius 2 is 1.64 bits per heavy atom. The molecule has 5 rings (SSSR count). The molecule has 0 radical (unpaired) electrons. The van der Waals surface area contributed by atoms with E-state index in [0.717, 1.165) is 16.7 Å². The third-order valence-corrected chi connectivity index (χ3v) is 6.74. The third-order valence-electron chi connectivity index (χ3n) is 6.74. The van der Waals surface area contributed by atoms with E-state index in [1.54, 1.807) is 41.8 Å². The first-order valence-corrected chi connectivity index (χ1v) is 12.8. The van der Waals surface area contributed by atoms with E-state index in [2.05, 4.69) is 10.3 Å². The Morgan fingerprint density at radius 1 is 0.923 bits per heavy atom. The summed E-state index contributed by atoms with van der Waals surface area (Å²) in [4.78, 5) is 32.7. The van der Waals surface area contributed by atoms with Crippen LogP contribution in [0.2, 0.25) is 0 Å². The Morgan fingerprint density at radius 3 is 2.36 bits per heavy atom. The van der Waals surface area contributed by atoms with Crippen LogP contribution >= 0.6 is 0 Å². The predicted molar refractivity (Wildman–Crippen MR) is 154 cm³/mol. The molecular weight excluding hydrogens is 488 g/mol. The second kappa shape index (κ2) is 11.2. The number of nitrogens with one attached hydrogen (secondary N) is 1. The first kappa shape index (κ1) is 25.7. The van der Waals surface area contributed by atoms with Gasteiger partial charge in [-0.05, 0) is 54.3 Å². The van der Waals surface area contributed by atoms with Gasteiger partial charge in [0.2, 0.25) is 5.91 Å². The molecule has 7 heteroatoms. The van der Waals surface area contributed by atoms with Crippen molar-refractivity contribution >= 4 is 29.0 Å². The number of anilines is 2. The molecule has 3 aromatic carbocycles. The Balaban J connectivity index is 1.40. The van der Waals surface area contributed by atoms with Crippen LogP contribution in [-0.4, -0.2) is 35.4 Å². The van der Waals surface area contributed by atoms with Gasteiger partial charge in [-0.1, -0.05) is 66.7 Å². The summed E-state index contributed by atoms with van der Waals surface area (Å²) < 4.78 is 7.30. The molecule has 2 amide bonds. The van der Waals surface area contributed by atoms with Gasteiger partial charge in [-0.3, -0.25) is 18.9 Å². The zero-order valence-electron chi connectivity index (χ0n) is 22.2. The van der Waals surface area contributed by atoms with Crippen LogP contribution in [0.5, 0.6) is 5.75 Å². The molecule has 7 nitrogen and oxygen atoms in total. The summed E-state index contributed by atoms with van der Waals surface area (Å²) >= 11 is 0. The molecule has 0 bridgehead atoms. The molecule has 0 aliphatic carbocycles. The molecule has 0 spiro atoms. The summed E-state index contributed by atoms with van der Waals surface area (Å²) in [5, 5.41) is 2.99. The van der Waals surface area contributed by atoms with Gasteiger partial charge in [0.15, 0.2) is 0 Å². The van der Waals surface area contributed by atoms with Crippen LogP contribution in [0.1, 0.15) is 28.0 Å². The number of rotatable bonds is 8. The van der Waals surface area contributed by atoms with Crippen LogP contribution in [0.3, 0.4) is 0 Å². The van der Waals surface area contributed by atoms with Crippen molar-refractivity contribution in [3.8, 4) is 16.9 Å². The Hall–Kier alpha value is -4.91. The van der Waals surface area contributed by atoms with Crippen LogP contribution in [0.4, 0.5) is 11.5 Å². The molecule has 0 aliphatic rings. The molecule has 1 N–H and O–H groups in total. The number of hydrogen-bond acceptors (Lipinski definition) is 4. The maximum Gasteiger partial charge on any atom is 0.257 e. The highest BCUT2D eigenvalue weighted by Gasteiger charge is 2.20. The molecular formula is C32H30N4O3. The molecule has 0 saturated heterocycles. The van der Waals surface area contributed by atoms with E-state index in [9.17, 15) is 9.59 Å². The second-order valence-corrected chi connectivity index (χ2v) is 9.34. The van der Waals surface area contributed by atoms with Gasteiger partial charge >= 0.3 is 0 Å². The number of carbonyl (C=O) groups excluding carboxylic acids is 2. The number of nitrogens with zero attached hydrogens (tertiary/aromatic N) is 3. The molecule has 0 saturated carbocycles. The van der Waals surface area contributed by atoms with E-state index in [1.807, 2.05) is 85.8 Å². The molecule has 39 heavy (non-hydrogen) atoms. The van der Waals surface area contributed by atoms with E-state index >= 15 is 0 Å². The molecule has 2 aromatic heterocycles. The fraction of sp³-hybridized carbons (Fsp3) is 0.156. The lowest BCUT2D eigenvalue weighted by Crippen LogP contribution is -2.28. The van der Waals surface area contributed by atoms with Crippen molar-refractivity contribution in [1.82, 2.24) is 9.38 Å². The molecule has 2 heterocycles. The van der Waals surface area contributed by atoms with Gasteiger partial charge in [-0.25, -0.2) is 4.98 Å². The summed E-state index contributed by atoms with van der Waals surface area (Å²) in [6.07, 6.45) is 2.73. The zero-order valence-corrected chi connectivity index (χ0v) is 22.2. The molecule has 5 aromatic rings. The number of ether oxygens (including phenoxy) is 1. The van der Waals surface area contributed by atoms with Gasteiger partial charge in [0.25, 0.3) is 5.91 Å². The lowest BCUT2D eigenvalue weighted by atomic mass is 10.0. The zero-order chi connectivity index (χ0) is 27.4. The molecule has 0 unspecified atom stereocenters. The van der Waals surface area contributed by atoms with Gasteiger partial charge in [-0.15, -0.1) is 0 Å². The number of methoxy groups -OCH3 is 1. The first-order chi connectivity index (χ1) is 18.9. The number of imidazole rings is 1. The Bertz CT molecular complexity index is 1630. The number of fused-ring (bicyclic) bond motifs is 1. The largest absolute Gasteiger partial charge is 0.495 e. The van der Waals surface area contributed by atoms with Gasteiger partial charge in [-0.2, -0.15) is 0 Å². The van der Waals surface area contributed by atoms with Crippen molar-refractivity contribution in [2.45, 2.75) is 19.8 Å². The summed E-state index contributed by atoms with van der Waals surface area (Å²) in [6.45, 7) is 1.86. The number of carbonyl (C=O) groups is 2. The smallest absolute Gasteiger partial charge is 0.257 e. The van der Waals surface area contributed by atoms with Crippen molar-refractivity contribution in [3.05, 3.63) is 114 Å². The van der Waals surface area contributed by atoms with Crippen LogP contribution in [0.15, 0.2) is 97.2 Å². The normalized spacial score (nSPS) is 10.8. The van der Waals surface area contributed by atoms with Crippen molar-refractivity contribution in [2.75, 3.05) is 24.4 Å². The third kappa shape index (κ3) is 5.52. The number of amides is 2. The standard InChI is InChI=1S/C32H30N4O3/c1-22-32(35(2)30(37)19-14-23-10-6-4-7-11-23)36-21-26(16-18-29(36)33-22)31(38)34-27-20-25(15-17-28(27)39-3)24-12-8-5-9-13-24/h4-13,15-18,20-21H,14,19H2,1-3H3,(H,34,38). The highest BCUT2D eigenvalue weighted by Crippen LogP contribution is 2.31. The van der Waals surface area contributed by atoms with Crippen LogP contribution < -0.4 is 15.0 Å². The fourth-order valence-electron chi connectivity index (χ4n) is 4.68. The SMILES string of the molecule is COc1ccc(-c2ccccc2)cc1NC(=O)c1ccc2nc(C)c(N(C)C(=O)CCc3ccccc3)n2c1. The minimum Gasteiger partial charge on any atom is -0.495 e. The monoisotopic (exact) mass is 518 g/mol. The van der Waals surface area contributed by atoms with Crippen molar-refractivity contribution in [1.29, 1.82) is 0 Å². The molecule has 0 aliphatic heterocycles. The van der Waals surface area contributed by atoms with E-state index in [4.69, 9.17) is 4.74 Å². The minimum atomic E-state index is -0.296. The number of benzene rings is 3. The fourth-order valence-corrected chi connectivity index (χ4v) is 4.68. The molecule has 196 valence electrons. The molecule has 0 atom stereocenters. The quantitative estimate of drug-likeness (QED) is 0.267. The van der Waals surface area contributed by atoms with Gasteiger partial charge < -0.3 is 10.1 Å². The van der Waals surface area contributed by atoms with E-state index in [-0.39, 0.29) is 11.8 Å². The highest BCUT2D eigenvalue weighted by atomic mass is 16.5. The Labute approximate surface area is 227 Å². The molecule has 0 fully saturated rings. The minimum absolute atomic E-state index is 0.0268. The van der Waals surface area contributed by atoms with Crippen LogP contribution in [0, 0.1) is 6.92 Å². The number of aromatic nitrogens is 2. The van der Waals surface area contributed by atoms with Crippen LogP contribution in [-0.2, 0) is 11.2 Å². The number of pyridine rings is 1. The van der Waals surface area contributed by atoms with Gasteiger partial charge in [0, 0.05) is 19.7 Å². The predicted octanol–water partition coefficient (Wildman–Crippen LogP) is 6.17. The van der Waals surface area contributed by atoms with Gasteiger partial charge in [0.1, 0.15) is 17.2 Å². The van der Waals surface area contributed by atoms with Crippen LogP contribution in [0.25, 0.3) is 16.8 Å². The first-order valence-electron chi connectivity index (χ1n) is 12.8. The lowest BCUT2D eigenvalue weighted by molar-refractivity contribution is -0.118. The lowest BCUT2D eigenvalue weighted by Gasteiger charge is -2.18. The number of aryl methyl sites for hydroxylation is 2. The van der Waals surface area contributed by atoms with Gasteiger partial charge in [0.05, 0.1) is 24.1 Å². The number of hydrogen-bond donors (Lipinski definition) is 1. The summed E-state index contributed by atoms with van der Waals surface area (Å²) in [5.41, 5.74) is 5.48. The van der Waals surface area contributed by atoms with E-state index in [0.29, 0.717) is 47.0 Å². The summed E-state index contributed by atoms with van der Waals surface area (Å²) in [7, 11) is 3.32. The second-order valence-electron chi connectivity index (χ2n) is 9.34. The summed E-state index contributed by atoms with van der Waals surface area (Å²) in [6, 6.07) is 29.1. The topological polar surface area (TPSA) is 75.9 Å².